The summed E-state index contributed by atoms with van der Waals surface area (Å²) in [4.78, 5) is 0. The first-order valence-electron chi connectivity index (χ1n) is 4.40. The third kappa shape index (κ3) is 1.99. The van der Waals surface area contributed by atoms with E-state index in [9.17, 15) is 0 Å². The Morgan fingerprint density at radius 1 is 1.54 bits per heavy atom. The average molecular weight is 218 g/mol. The smallest absolute Gasteiger partial charge is 0.225 e. The van der Waals surface area contributed by atoms with Crippen LogP contribution in [0.1, 0.15) is 24.6 Å². The molecule has 3 nitrogen and oxygen atoms in total. The van der Waals surface area contributed by atoms with E-state index in [1.165, 1.54) is 12.8 Å². The lowest BCUT2D eigenvalue weighted by molar-refractivity contribution is 0.708. The second kappa shape index (κ2) is 3.88. The zero-order valence-corrected chi connectivity index (χ0v) is 9.11. The SMILES string of the molecule is CSCCn1c(Cl)nnc1C1CC1. The lowest BCUT2D eigenvalue weighted by atomic mass is 10.4. The van der Waals surface area contributed by atoms with Crippen molar-refractivity contribution in [3.63, 3.8) is 0 Å². The van der Waals surface area contributed by atoms with Crippen molar-refractivity contribution in [2.75, 3.05) is 12.0 Å². The average Bonchev–Trinajstić information content (AvgIpc) is 2.89. The van der Waals surface area contributed by atoms with Crippen LogP contribution in [0.3, 0.4) is 0 Å². The molecule has 2 rings (SSSR count). The summed E-state index contributed by atoms with van der Waals surface area (Å²) in [7, 11) is 0. The third-order valence-electron chi connectivity index (χ3n) is 2.20. The Morgan fingerprint density at radius 3 is 2.92 bits per heavy atom. The highest BCUT2D eigenvalue weighted by molar-refractivity contribution is 7.98. The molecular weight excluding hydrogens is 206 g/mol. The number of hydrogen-bond acceptors (Lipinski definition) is 3. The molecule has 0 saturated heterocycles. The maximum absolute atomic E-state index is 5.93. The summed E-state index contributed by atoms with van der Waals surface area (Å²) in [5, 5.41) is 8.54. The fourth-order valence-electron chi connectivity index (χ4n) is 1.33. The van der Waals surface area contributed by atoms with E-state index in [0.717, 1.165) is 18.1 Å². The van der Waals surface area contributed by atoms with Gasteiger partial charge in [-0.15, -0.1) is 10.2 Å². The highest BCUT2D eigenvalue weighted by Gasteiger charge is 2.29. The zero-order valence-electron chi connectivity index (χ0n) is 7.53. The van der Waals surface area contributed by atoms with Crippen LogP contribution in [-0.4, -0.2) is 26.8 Å². The summed E-state index contributed by atoms with van der Waals surface area (Å²) >= 11 is 7.75. The van der Waals surface area contributed by atoms with Crippen LogP contribution in [0.5, 0.6) is 0 Å². The first-order valence-corrected chi connectivity index (χ1v) is 6.17. The van der Waals surface area contributed by atoms with Gasteiger partial charge in [0.15, 0.2) is 0 Å². The molecule has 0 N–H and O–H groups in total. The fourth-order valence-corrected chi connectivity index (χ4v) is 1.90. The van der Waals surface area contributed by atoms with Gasteiger partial charge in [-0.05, 0) is 30.7 Å². The molecule has 1 fully saturated rings. The van der Waals surface area contributed by atoms with Gasteiger partial charge in [0.1, 0.15) is 5.82 Å². The van der Waals surface area contributed by atoms with E-state index in [0.29, 0.717) is 11.2 Å². The Labute approximate surface area is 86.9 Å². The topological polar surface area (TPSA) is 30.7 Å². The fraction of sp³-hybridized carbons (Fsp3) is 0.750. The quantitative estimate of drug-likeness (QED) is 0.775. The minimum absolute atomic E-state index is 0.538. The van der Waals surface area contributed by atoms with Crippen molar-refractivity contribution in [3.05, 3.63) is 11.1 Å². The third-order valence-corrected chi connectivity index (χ3v) is 3.07. The lowest BCUT2D eigenvalue weighted by Gasteiger charge is -2.04. The van der Waals surface area contributed by atoms with E-state index in [1.54, 1.807) is 0 Å². The van der Waals surface area contributed by atoms with Crippen molar-refractivity contribution >= 4 is 23.4 Å². The molecule has 1 heterocycles. The molecule has 0 aromatic carbocycles. The van der Waals surface area contributed by atoms with Crippen molar-refractivity contribution in [3.8, 4) is 0 Å². The van der Waals surface area contributed by atoms with Crippen LogP contribution >= 0.6 is 23.4 Å². The summed E-state index contributed by atoms with van der Waals surface area (Å²) < 4.78 is 2.04. The van der Waals surface area contributed by atoms with Crippen LogP contribution in [-0.2, 0) is 6.54 Å². The minimum Gasteiger partial charge on any atom is -0.301 e. The molecule has 1 aromatic heterocycles. The molecular formula is C8H12ClN3S. The Hall–Kier alpha value is -0.220. The Balaban J connectivity index is 2.14. The van der Waals surface area contributed by atoms with Crippen molar-refractivity contribution in [1.29, 1.82) is 0 Å². The first kappa shape index (κ1) is 9.34. The van der Waals surface area contributed by atoms with Gasteiger partial charge in [-0.25, -0.2) is 0 Å². The van der Waals surface area contributed by atoms with E-state index in [4.69, 9.17) is 11.6 Å². The highest BCUT2D eigenvalue weighted by Crippen LogP contribution is 2.39. The van der Waals surface area contributed by atoms with Crippen molar-refractivity contribution < 1.29 is 0 Å². The summed E-state index contributed by atoms with van der Waals surface area (Å²) in [6, 6.07) is 0. The molecule has 0 aliphatic heterocycles. The van der Waals surface area contributed by atoms with Gasteiger partial charge < -0.3 is 4.57 Å². The number of nitrogens with zero attached hydrogens (tertiary/aromatic N) is 3. The molecule has 0 amide bonds. The highest BCUT2D eigenvalue weighted by atomic mass is 35.5. The van der Waals surface area contributed by atoms with Gasteiger partial charge in [0.2, 0.25) is 5.28 Å². The van der Waals surface area contributed by atoms with Crippen LogP contribution in [0.15, 0.2) is 0 Å². The Bertz CT molecular complexity index is 296. The molecule has 5 heteroatoms. The van der Waals surface area contributed by atoms with Gasteiger partial charge in [-0.1, -0.05) is 0 Å². The number of aromatic nitrogens is 3. The summed E-state index contributed by atoms with van der Waals surface area (Å²) in [5.74, 6) is 2.78. The maximum Gasteiger partial charge on any atom is 0.225 e. The van der Waals surface area contributed by atoms with E-state index >= 15 is 0 Å². The van der Waals surface area contributed by atoms with Crippen molar-refractivity contribution in [2.24, 2.45) is 0 Å². The van der Waals surface area contributed by atoms with E-state index in [1.807, 2.05) is 16.3 Å². The van der Waals surface area contributed by atoms with Crippen LogP contribution in [0.25, 0.3) is 0 Å². The number of halogens is 1. The van der Waals surface area contributed by atoms with Crippen LogP contribution in [0.4, 0.5) is 0 Å². The van der Waals surface area contributed by atoms with E-state index < -0.39 is 0 Å². The minimum atomic E-state index is 0.538. The molecule has 1 aliphatic carbocycles. The lowest BCUT2D eigenvalue weighted by Crippen LogP contribution is -2.05. The second-order valence-electron chi connectivity index (χ2n) is 3.25. The zero-order chi connectivity index (χ0) is 9.26. The molecule has 13 heavy (non-hydrogen) atoms. The largest absolute Gasteiger partial charge is 0.301 e. The number of thioether (sulfide) groups is 1. The number of rotatable bonds is 4. The molecule has 1 saturated carbocycles. The monoisotopic (exact) mass is 217 g/mol. The standard InChI is InChI=1S/C8H12ClN3S/c1-13-5-4-12-7(6-2-3-6)10-11-8(12)9/h6H,2-5H2,1H3. The van der Waals surface area contributed by atoms with Gasteiger partial charge in [0.05, 0.1) is 0 Å². The summed E-state index contributed by atoms with van der Waals surface area (Å²) in [6.45, 7) is 0.929. The van der Waals surface area contributed by atoms with Crippen molar-refractivity contribution in [2.45, 2.75) is 25.3 Å². The van der Waals surface area contributed by atoms with Crippen LogP contribution in [0, 0.1) is 0 Å². The Morgan fingerprint density at radius 2 is 2.31 bits per heavy atom. The summed E-state index contributed by atoms with van der Waals surface area (Å²) in [5.41, 5.74) is 0. The molecule has 0 bridgehead atoms. The molecule has 0 radical (unpaired) electrons. The second-order valence-corrected chi connectivity index (χ2v) is 4.57. The predicted molar refractivity (Wildman–Crippen MR) is 55.4 cm³/mol. The maximum atomic E-state index is 5.93. The molecule has 0 unspecified atom stereocenters. The van der Waals surface area contributed by atoms with Gasteiger partial charge in [-0.2, -0.15) is 11.8 Å². The van der Waals surface area contributed by atoms with E-state index in [-0.39, 0.29) is 0 Å². The molecule has 1 aromatic rings. The molecule has 0 atom stereocenters. The van der Waals surface area contributed by atoms with Gasteiger partial charge in [0, 0.05) is 18.2 Å². The van der Waals surface area contributed by atoms with Crippen molar-refractivity contribution in [1.82, 2.24) is 14.8 Å². The van der Waals surface area contributed by atoms with Gasteiger partial charge >= 0.3 is 0 Å². The molecule has 1 aliphatic rings. The predicted octanol–water partition coefficient (Wildman–Crippen LogP) is 2.17. The summed E-state index contributed by atoms with van der Waals surface area (Å²) in [6.07, 6.45) is 4.58. The van der Waals surface area contributed by atoms with Crippen LogP contribution < -0.4 is 0 Å². The number of hydrogen-bond donors (Lipinski definition) is 0. The van der Waals surface area contributed by atoms with Gasteiger partial charge in [-0.3, -0.25) is 0 Å². The Kier molecular flexibility index (Phi) is 2.79. The normalized spacial score (nSPS) is 16.5. The van der Waals surface area contributed by atoms with E-state index in [2.05, 4.69) is 16.5 Å². The van der Waals surface area contributed by atoms with Gasteiger partial charge in [0.25, 0.3) is 0 Å². The first-order chi connectivity index (χ1) is 6.33. The van der Waals surface area contributed by atoms with Crippen LogP contribution in [0.2, 0.25) is 5.28 Å². The molecule has 72 valence electrons. The molecule has 0 spiro atoms.